The second kappa shape index (κ2) is 6.90. The molecule has 9 heteroatoms. The number of benzene rings is 1. The van der Waals surface area contributed by atoms with Gasteiger partial charge in [0.05, 0.1) is 11.8 Å². The zero-order valence-corrected chi connectivity index (χ0v) is 13.9. The van der Waals surface area contributed by atoms with Crippen LogP contribution in [0, 0.1) is 11.8 Å². The lowest BCUT2D eigenvalue weighted by Gasteiger charge is -2.18. The number of aromatic amines is 1. The Morgan fingerprint density at radius 2 is 1.74 bits per heavy atom. The van der Waals surface area contributed by atoms with Crippen LogP contribution in [0.15, 0.2) is 47.3 Å². The van der Waals surface area contributed by atoms with Gasteiger partial charge in [0.25, 0.3) is 11.5 Å². The Hall–Kier alpha value is -3.10. The van der Waals surface area contributed by atoms with Gasteiger partial charge in [-0.2, -0.15) is 13.2 Å². The Kier molecular flexibility index (Phi) is 4.77. The van der Waals surface area contributed by atoms with Crippen molar-refractivity contribution in [2.75, 3.05) is 13.1 Å². The van der Waals surface area contributed by atoms with Crippen LogP contribution in [0.4, 0.5) is 13.2 Å². The summed E-state index contributed by atoms with van der Waals surface area (Å²) in [7, 11) is 0. The normalized spacial score (nSPS) is 19.9. The number of rotatable bonds is 3. The molecule has 0 radical (unpaired) electrons. The predicted octanol–water partition coefficient (Wildman–Crippen LogP) is 2.38. The van der Waals surface area contributed by atoms with Crippen molar-refractivity contribution in [2.45, 2.75) is 6.18 Å². The summed E-state index contributed by atoms with van der Waals surface area (Å²) in [6.45, 7) is -1.39. The maximum Gasteiger partial charge on any atom is 0.394 e. The van der Waals surface area contributed by atoms with E-state index in [-0.39, 0.29) is 5.56 Å². The van der Waals surface area contributed by atoms with Gasteiger partial charge in [-0.1, -0.05) is 30.3 Å². The zero-order chi connectivity index (χ0) is 19.8. The molecule has 0 spiro atoms. The van der Waals surface area contributed by atoms with Gasteiger partial charge in [0.15, 0.2) is 0 Å². The topological polar surface area (TPSA) is 90.5 Å². The number of hydrogen-bond donors (Lipinski definition) is 2. The maximum absolute atomic E-state index is 13.1. The molecule has 1 aromatic carbocycles. The number of alkyl halides is 3. The van der Waals surface area contributed by atoms with Crippen molar-refractivity contribution in [3.63, 3.8) is 0 Å². The minimum absolute atomic E-state index is 0.332. The number of aliphatic carboxylic acids is 1. The van der Waals surface area contributed by atoms with E-state index in [1.54, 1.807) is 30.3 Å². The van der Waals surface area contributed by atoms with E-state index in [4.69, 9.17) is 5.11 Å². The van der Waals surface area contributed by atoms with Crippen molar-refractivity contribution in [2.24, 2.45) is 11.8 Å². The molecule has 1 aromatic heterocycles. The van der Waals surface area contributed by atoms with E-state index in [2.05, 4.69) is 4.98 Å². The lowest BCUT2D eigenvalue weighted by atomic mass is 9.96. The average Bonchev–Trinajstić information content (AvgIpc) is 3.08. The number of carbonyl (C=O) groups is 2. The Bertz CT molecular complexity index is 924. The lowest BCUT2D eigenvalue weighted by molar-refractivity contribution is -0.187. The molecule has 27 heavy (non-hydrogen) atoms. The molecule has 3 rings (SSSR count). The summed E-state index contributed by atoms with van der Waals surface area (Å²) >= 11 is 0. The number of pyridine rings is 1. The summed E-state index contributed by atoms with van der Waals surface area (Å²) in [5, 5.41) is 9.03. The van der Waals surface area contributed by atoms with Crippen LogP contribution in [0.2, 0.25) is 0 Å². The zero-order valence-electron chi connectivity index (χ0n) is 13.9. The molecule has 2 atom stereocenters. The molecule has 1 aliphatic rings. The van der Waals surface area contributed by atoms with E-state index in [0.717, 1.165) is 4.90 Å². The number of hydrogen-bond acceptors (Lipinski definition) is 3. The number of carboxylic acid groups (broad SMARTS) is 1. The van der Waals surface area contributed by atoms with E-state index < -0.39 is 48.5 Å². The van der Waals surface area contributed by atoms with Gasteiger partial charge in [-0.25, -0.2) is 0 Å². The first-order valence-corrected chi connectivity index (χ1v) is 8.06. The number of likely N-dealkylation sites (tertiary alicyclic amines) is 1. The quantitative estimate of drug-likeness (QED) is 0.856. The maximum atomic E-state index is 13.1. The van der Waals surface area contributed by atoms with Gasteiger partial charge in [-0.05, 0) is 17.7 Å². The Labute approximate surface area is 151 Å². The standard InChI is InChI=1S/C18H15F3N2O4/c19-18(20,21)13-9-23(8-12(13)17(26)27)16(25)11-6-7-14(22-15(11)24)10-4-2-1-3-5-10/h1-7,12-13H,8-9H2,(H,22,24)(H,26,27)/t12-,13-/m1/s1. The second-order valence-corrected chi connectivity index (χ2v) is 6.28. The van der Waals surface area contributed by atoms with E-state index in [9.17, 15) is 27.6 Å². The van der Waals surface area contributed by atoms with Gasteiger partial charge < -0.3 is 15.0 Å². The van der Waals surface area contributed by atoms with Crippen LogP contribution < -0.4 is 5.56 Å². The SMILES string of the molecule is O=C(O)[C@@H]1CN(C(=O)c2ccc(-c3ccccc3)[nH]c2=O)C[C@H]1C(F)(F)F. The van der Waals surface area contributed by atoms with Gasteiger partial charge in [-0.15, -0.1) is 0 Å². The molecule has 1 aliphatic heterocycles. The molecule has 6 nitrogen and oxygen atoms in total. The first-order valence-electron chi connectivity index (χ1n) is 8.06. The average molecular weight is 380 g/mol. The lowest BCUT2D eigenvalue weighted by Crippen LogP contribution is -2.35. The number of H-pyrrole nitrogens is 1. The highest BCUT2D eigenvalue weighted by atomic mass is 19.4. The molecule has 2 heterocycles. The molecule has 142 valence electrons. The summed E-state index contributed by atoms with van der Waals surface area (Å²) in [4.78, 5) is 39.2. The number of carboxylic acids is 1. The largest absolute Gasteiger partial charge is 0.481 e. The fourth-order valence-electron chi connectivity index (χ4n) is 3.15. The third kappa shape index (κ3) is 3.71. The van der Waals surface area contributed by atoms with Crippen molar-refractivity contribution in [1.82, 2.24) is 9.88 Å². The Morgan fingerprint density at radius 1 is 1.07 bits per heavy atom. The summed E-state index contributed by atoms with van der Waals surface area (Å²) in [5.74, 6) is -6.46. The summed E-state index contributed by atoms with van der Waals surface area (Å²) < 4.78 is 39.2. The van der Waals surface area contributed by atoms with Crippen LogP contribution in [-0.4, -0.2) is 46.1 Å². The van der Waals surface area contributed by atoms with Crippen LogP contribution in [0.5, 0.6) is 0 Å². The van der Waals surface area contributed by atoms with Gasteiger partial charge in [-0.3, -0.25) is 14.4 Å². The van der Waals surface area contributed by atoms with Gasteiger partial charge in [0.2, 0.25) is 0 Å². The highest BCUT2D eigenvalue weighted by molar-refractivity contribution is 5.94. The molecule has 0 aliphatic carbocycles. The van der Waals surface area contributed by atoms with Crippen molar-refractivity contribution < 1.29 is 27.9 Å². The number of nitrogens with one attached hydrogen (secondary N) is 1. The van der Waals surface area contributed by atoms with Crippen molar-refractivity contribution in [1.29, 1.82) is 0 Å². The predicted molar refractivity (Wildman–Crippen MR) is 89.1 cm³/mol. The molecule has 2 aromatic rings. The fraction of sp³-hybridized carbons (Fsp3) is 0.278. The van der Waals surface area contributed by atoms with Gasteiger partial charge in [0.1, 0.15) is 5.56 Å². The minimum atomic E-state index is -4.75. The summed E-state index contributed by atoms with van der Waals surface area (Å²) in [6, 6.07) is 11.5. The van der Waals surface area contributed by atoms with E-state index >= 15 is 0 Å². The van der Waals surface area contributed by atoms with E-state index in [1.165, 1.54) is 12.1 Å². The smallest absolute Gasteiger partial charge is 0.394 e. The molecular formula is C18H15F3N2O4. The number of aromatic nitrogens is 1. The third-order valence-corrected chi connectivity index (χ3v) is 4.57. The van der Waals surface area contributed by atoms with E-state index in [0.29, 0.717) is 11.3 Å². The van der Waals surface area contributed by atoms with Crippen LogP contribution in [0.25, 0.3) is 11.3 Å². The number of nitrogens with zero attached hydrogens (tertiary/aromatic N) is 1. The third-order valence-electron chi connectivity index (χ3n) is 4.57. The first-order chi connectivity index (χ1) is 12.7. The molecule has 0 saturated carbocycles. The van der Waals surface area contributed by atoms with Gasteiger partial charge in [0, 0.05) is 18.8 Å². The van der Waals surface area contributed by atoms with Crippen LogP contribution in [-0.2, 0) is 4.79 Å². The number of halogens is 3. The van der Waals surface area contributed by atoms with Crippen molar-refractivity contribution in [3.8, 4) is 11.3 Å². The highest BCUT2D eigenvalue weighted by Crippen LogP contribution is 2.38. The van der Waals surface area contributed by atoms with Gasteiger partial charge >= 0.3 is 12.1 Å². The molecule has 0 unspecified atom stereocenters. The number of carbonyl (C=O) groups excluding carboxylic acids is 1. The van der Waals surface area contributed by atoms with Crippen LogP contribution in [0.1, 0.15) is 10.4 Å². The van der Waals surface area contributed by atoms with Crippen LogP contribution >= 0.6 is 0 Å². The Morgan fingerprint density at radius 3 is 2.26 bits per heavy atom. The second-order valence-electron chi connectivity index (χ2n) is 6.28. The monoisotopic (exact) mass is 380 g/mol. The van der Waals surface area contributed by atoms with Crippen LogP contribution in [0.3, 0.4) is 0 Å². The molecule has 0 bridgehead atoms. The molecule has 1 saturated heterocycles. The molecule has 1 fully saturated rings. The molecule has 2 N–H and O–H groups in total. The summed E-state index contributed by atoms with van der Waals surface area (Å²) in [6.07, 6.45) is -4.75. The minimum Gasteiger partial charge on any atom is -0.481 e. The first kappa shape index (κ1) is 18.7. The highest BCUT2D eigenvalue weighted by Gasteiger charge is 2.53. The van der Waals surface area contributed by atoms with Crippen molar-refractivity contribution >= 4 is 11.9 Å². The Balaban J connectivity index is 1.86. The number of amides is 1. The van der Waals surface area contributed by atoms with Crippen molar-refractivity contribution in [3.05, 3.63) is 58.4 Å². The summed E-state index contributed by atoms with van der Waals surface area (Å²) in [5.41, 5.74) is 0.0818. The fourth-order valence-corrected chi connectivity index (χ4v) is 3.15. The molecule has 1 amide bonds. The molecular weight excluding hydrogens is 365 g/mol. The van der Waals surface area contributed by atoms with E-state index in [1.807, 2.05) is 0 Å².